The number of ether oxygens (including phenoxy) is 1. The number of rotatable bonds is 9. The molecule has 0 radical (unpaired) electrons. The lowest BCUT2D eigenvalue weighted by Crippen LogP contribution is -2.14. The molecule has 0 unspecified atom stereocenters. The number of hydrogen-bond acceptors (Lipinski definition) is 6. The maximum absolute atomic E-state index is 9.21. The van der Waals surface area contributed by atoms with Gasteiger partial charge in [0.2, 0.25) is 5.88 Å². The first-order valence-electron chi connectivity index (χ1n) is 11.3. The number of nitrogens with zero attached hydrogens (tertiary/aromatic N) is 4. The molecule has 2 aromatic heterocycles. The Bertz CT molecular complexity index is 1230. The lowest BCUT2D eigenvalue weighted by molar-refractivity contribution is 0.201. The van der Waals surface area contributed by atoms with Crippen LogP contribution < -0.4 is 10.1 Å². The Morgan fingerprint density at radius 3 is 2.94 bits per heavy atom. The Morgan fingerprint density at radius 2 is 2.15 bits per heavy atom. The maximum Gasteiger partial charge on any atom is 0.219 e. The van der Waals surface area contributed by atoms with Crippen LogP contribution in [0.1, 0.15) is 44.0 Å². The summed E-state index contributed by atoms with van der Waals surface area (Å²) in [5.41, 5.74) is 3.53. The van der Waals surface area contributed by atoms with E-state index >= 15 is 0 Å². The van der Waals surface area contributed by atoms with Crippen molar-refractivity contribution in [2.75, 3.05) is 11.9 Å². The second-order valence-electron chi connectivity index (χ2n) is 8.18. The highest BCUT2D eigenvalue weighted by molar-refractivity contribution is 5.83. The van der Waals surface area contributed by atoms with Gasteiger partial charge in [0.25, 0.3) is 0 Å². The van der Waals surface area contributed by atoms with E-state index in [0.717, 1.165) is 24.8 Å². The minimum atomic E-state index is 0.174. The van der Waals surface area contributed by atoms with Crippen LogP contribution in [0.15, 0.2) is 59.4 Å². The molecule has 3 aromatic rings. The molecule has 0 aliphatic heterocycles. The molecule has 0 spiro atoms. The highest BCUT2D eigenvalue weighted by atomic mass is 16.5. The van der Waals surface area contributed by atoms with Crippen molar-refractivity contribution < 1.29 is 4.74 Å². The Hall–Kier alpha value is -3.92. The SMILES string of the molecule is C=N/C=C(\C=C(/C)C#N)c1nc(NCCc2c[nH]c3ccccc23)cc(OC2CCCC2)n1. The van der Waals surface area contributed by atoms with Gasteiger partial charge in [-0.25, -0.2) is 4.98 Å². The van der Waals surface area contributed by atoms with Gasteiger partial charge in [-0.2, -0.15) is 10.2 Å². The van der Waals surface area contributed by atoms with Gasteiger partial charge in [0.05, 0.1) is 6.07 Å². The molecule has 1 aromatic carbocycles. The molecule has 33 heavy (non-hydrogen) atoms. The number of hydrogen-bond donors (Lipinski definition) is 2. The fourth-order valence-corrected chi connectivity index (χ4v) is 4.07. The van der Waals surface area contributed by atoms with Crippen LogP contribution in [0.25, 0.3) is 16.5 Å². The van der Waals surface area contributed by atoms with Crippen molar-refractivity contribution in [2.24, 2.45) is 4.99 Å². The molecule has 2 heterocycles. The minimum absolute atomic E-state index is 0.174. The summed E-state index contributed by atoms with van der Waals surface area (Å²) < 4.78 is 6.17. The van der Waals surface area contributed by atoms with E-state index in [9.17, 15) is 5.26 Å². The molecule has 1 aliphatic rings. The Balaban J connectivity index is 1.57. The summed E-state index contributed by atoms with van der Waals surface area (Å²) in [6.07, 6.45) is 10.8. The van der Waals surface area contributed by atoms with E-state index in [4.69, 9.17) is 4.74 Å². The van der Waals surface area contributed by atoms with Crippen LogP contribution in [-0.2, 0) is 6.42 Å². The number of benzene rings is 1. The predicted molar refractivity (Wildman–Crippen MR) is 132 cm³/mol. The number of nitriles is 1. The van der Waals surface area contributed by atoms with Crippen molar-refractivity contribution in [3.63, 3.8) is 0 Å². The molecule has 7 nitrogen and oxygen atoms in total. The summed E-state index contributed by atoms with van der Waals surface area (Å²) in [4.78, 5) is 16.5. The van der Waals surface area contributed by atoms with Crippen molar-refractivity contribution in [1.82, 2.24) is 15.0 Å². The number of aromatic nitrogens is 3. The first kappa shape index (κ1) is 22.3. The molecule has 1 saturated carbocycles. The normalized spacial score (nSPS) is 14.9. The summed E-state index contributed by atoms with van der Waals surface area (Å²) in [5.74, 6) is 1.65. The van der Waals surface area contributed by atoms with Crippen LogP contribution in [0, 0.1) is 11.3 Å². The molecule has 0 atom stereocenters. The Morgan fingerprint density at radius 1 is 1.33 bits per heavy atom. The number of fused-ring (bicyclic) bond motifs is 1. The van der Waals surface area contributed by atoms with Gasteiger partial charge in [-0.3, -0.25) is 4.99 Å². The highest BCUT2D eigenvalue weighted by Crippen LogP contribution is 2.26. The third-order valence-electron chi connectivity index (χ3n) is 5.70. The largest absolute Gasteiger partial charge is 0.474 e. The number of allylic oxidation sites excluding steroid dienone is 3. The van der Waals surface area contributed by atoms with Crippen molar-refractivity contribution >= 4 is 29.0 Å². The number of aromatic amines is 1. The van der Waals surface area contributed by atoms with E-state index in [1.807, 2.05) is 12.1 Å². The van der Waals surface area contributed by atoms with Gasteiger partial charge in [-0.05, 0) is 63.5 Å². The van der Waals surface area contributed by atoms with E-state index in [0.29, 0.717) is 35.2 Å². The topological polar surface area (TPSA) is 99.0 Å². The monoisotopic (exact) mass is 440 g/mol. The molecule has 7 heteroatoms. The van der Waals surface area contributed by atoms with Gasteiger partial charge in [-0.15, -0.1) is 0 Å². The first-order chi connectivity index (χ1) is 16.2. The molecule has 1 fully saturated rings. The Labute approximate surface area is 193 Å². The van der Waals surface area contributed by atoms with Crippen molar-refractivity contribution in [3.8, 4) is 11.9 Å². The molecule has 0 saturated heterocycles. The number of H-pyrrole nitrogens is 1. The van der Waals surface area contributed by atoms with Crippen LogP contribution in [0.3, 0.4) is 0 Å². The van der Waals surface area contributed by atoms with Crippen molar-refractivity contribution in [2.45, 2.75) is 45.1 Å². The fourth-order valence-electron chi connectivity index (χ4n) is 4.07. The quantitative estimate of drug-likeness (QED) is 0.262. The number of nitrogens with one attached hydrogen (secondary N) is 2. The molecule has 0 amide bonds. The average molecular weight is 441 g/mol. The standard InChI is InChI=1S/C26H28N6O/c1-18(15-27)13-20(16-28-2)26-31-24(14-25(32-26)33-21-7-3-4-8-21)29-12-11-19-17-30-23-10-6-5-9-22(19)23/h5-6,9-10,13-14,16-17,21,30H,2-4,7-8,11-12H2,1H3,(H,29,31,32)/b18-13+,20-16+. The second kappa shape index (κ2) is 10.6. The summed E-state index contributed by atoms with van der Waals surface area (Å²) in [6.45, 7) is 5.98. The first-order valence-corrected chi connectivity index (χ1v) is 11.3. The highest BCUT2D eigenvalue weighted by Gasteiger charge is 2.18. The van der Waals surface area contributed by atoms with Crippen molar-refractivity contribution in [3.05, 3.63) is 65.8 Å². The third kappa shape index (κ3) is 5.66. The average Bonchev–Trinajstić information content (AvgIpc) is 3.49. The van der Waals surface area contributed by atoms with Crippen molar-refractivity contribution in [1.29, 1.82) is 5.26 Å². The smallest absolute Gasteiger partial charge is 0.219 e. The summed E-state index contributed by atoms with van der Waals surface area (Å²) in [7, 11) is 0. The molecular weight excluding hydrogens is 412 g/mol. The number of para-hydroxylation sites is 1. The second-order valence-corrected chi connectivity index (χ2v) is 8.18. The van der Waals surface area contributed by atoms with Crippen LogP contribution in [0.2, 0.25) is 0 Å². The summed E-state index contributed by atoms with van der Waals surface area (Å²) in [6, 6.07) is 12.3. The fraction of sp³-hybridized carbons (Fsp3) is 0.308. The minimum Gasteiger partial charge on any atom is -0.474 e. The van der Waals surface area contributed by atoms with Crippen LogP contribution in [0.5, 0.6) is 5.88 Å². The summed E-state index contributed by atoms with van der Waals surface area (Å²) in [5, 5.41) is 13.8. The van der Waals surface area contributed by atoms with Crippen LogP contribution >= 0.6 is 0 Å². The van der Waals surface area contributed by atoms with E-state index in [1.54, 1.807) is 19.2 Å². The zero-order chi connectivity index (χ0) is 23.0. The van der Waals surface area contributed by atoms with Gasteiger partial charge < -0.3 is 15.0 Å². The van der Waals surface area contributed by atoms with Gasteiger partial charge in [0.15, 0.2) is 5.82 Å². The van der Waals surface area contributed by atoms with Gasteiger partial charge >= 0.3 is 0 Å². The van der Waals surface area contributed by atoms with E-state index in [1.165, 1.54) is 23.8 Å². The number of anilines is 1. The van der Waals surface area contributed by atoms with Gasteiger partial charge in [0, 0.05) is 47.1 Å². The van der Waals surface area contributed by atoms with Gasteiger partial charge in [0.1, 0.15) is 11.9 Å². The lowest BCUT2D eigenvalue weighted by Gasteiger charge is -2.15. The molecule has 4 rings (SSSR count). The molecule has 2 N–H and O–H groups in total. The summed E-state index contributed by atoms with van der Waals surface area (Å²) >= 11 is 0. The zero-order valence-electron chi connectivity index (χ0n) is 18.8. The number of aliphatic imine (C=N–C) groups is 1. The molecule has 168 valence electrons. The van der Waals surface area contributed by atoms with Crippen LogP contribution in [0.4, 0.5) is 5.82 Å². The van der Waals surface area contributed by atoms with Crippen LogP contribution in [-0.4, -0.2) is 34.3 Å². The molecule has 1 aliphatic carbocycles. The zero-order valence-corrected chi connectivity index (χ0v) is 18.8. The Kier molecular flexibility index (Phi) is 7.16. The molecular formula is C26H28N6O. The maximum atomic E-state index is 9.21. The predicted octanol–water partition coefficient (Wildman–Crippen LogP) is 5.45. The van der Waals surface area contributed by atoms with Gasteiger partial charge in [-0.1, -0.05) is 18.2 Å². The lowest BCUT2D eigenvalue weighted by atomic mass is 10.1. The van der Waals surface area contributed by atoms with E-state index in [2.05, 4.69) is 62.4 Å². The third-order valence-corrected chi connectivity index (χ3v) is 5.70. The molecule has 0 bridgehead atoms. The van der Waals surface area contributed by atoms with E-state index < -0.39 is 0 Å². The van der Waals surface area contributed by atoms with E-state index in [-0.39, 0.29) is 6.10 Å².